The largest absolute Gasteiger partial charge is 0.497 e. The van der Waals surface area contributed by atoms with E-state index >= 15 is 0 Å². The number of aliphatic hydroxyl groups excluding tert-OH is 1. The molecule has 3 aromatic rings. The lowest BCUT2D eigenvalue weighted by Crippen LogP contribution is -2.43. The van der Waals surface area contributed by atoms with Gasteiger partial charge in [-0.2, -0.15) is 5.10 Å². The maximum atomic E-state index is 12.1. The lowest BCUT2D eigenvalue weighted by Gasteiger charge is -2.33. The van der Waals surface area contributed by atoms with Crippen LogP contribution in [0.2, 0.25) is 5.02 Å². The van der Waals surface area contributed by atoms with Crippen molar-refractivity contribution in [3.63, 3.8) is 0 Å². The molecule has 2 aromatic carbocycles. The van der Waals surface area contributed by atoms with E-state index in [2.05, 4.69) is 4.90 Å². The molecular weight excluding hydrogens is 516 g/mol. The van der Waals surface area contributed by atoms with E-state index in [1.54, 1.807) is 14.0 Å². The number of piperidine rings is 1. The zero-order valence-corrected chi connectivity index (χ0v) is 23.7. The van der Waals surface area contributed by atoms with Gasteiger partial charge < -0.3 is 24.4 Å². The summed E-state index contributed by atoms with van der Waals surface area (Å²) in [5.74, 6) is 1.73. The van der Waals surface area contributed by atoms with Crippen molar-refractivity contribution < 1.29 is 19.4 Å². The average Bonchev–Trinajstić information content (AvgIpc) is 3.29. The quantitative estimate of drug-likeness (QED) is 0.448. The van der Waals surface area contributed by atoms with Gasteiger partial charge in [-0.05, 0) is 61.7 Å². The van der Waals surface area contributed by atoms with Crippen LogP contribution in [0.3, 0.4) is 0 Å². The number of amides is 1. The summed E-state index contributed by atoms with van der Waals surface area (Å²) in [6.07, 6.45) is 2.15. The Morgan fingerprint density at radius 2 is 1.82 bits per heavy atom. The summed E-state index contributed by atoms with van der Waals surface area (Å²) < 4.78 is 13.3. The van der Waals surface area contributed by atoms with Crippen molar-refractivity contribution in [2.45, 2.75) is 58.4 Å². The van der Waals surface area contributed by atoms with Gasteiger partial charge in [0.1, 0.15) is 17.6 Å². The van der Waals surface area contributed by atoms with Gasteiger partial charge in [0.2, 0.25) is 5.91 Å². The number of rotatable bonds is 8. The lowest BCUT2D eigenvalue weighted by atomic mass is 9.99. The van der Waals surface area contributed by atoms with Gasteiger partial charge in [0.15, 0.2) is 0 Å². The van der Waals surface area contributed by atoms with Crippen molar-refractivity contribution in [1.29, 1.82) is 0 Å². The molecule has 0 aliphatic carbocycles. The number of methoxy groups -OCH3 is 1. The van der Waals surface area contributed by atoms with Crippen LogP contribution in [0.1, 0.15) is 36.6 Å². The minimum absolute atomic E-state index is 0.0612. The molecule has 1 N–H and O–H groups in total. The van der Waals surface area contributed by atoms with Crippen molar-refractivity contribution in [3.8, 4) is 22.8 Å². The van der Waals surface area contributed by atoms with Crippen LogP contribution in [0.5, 0.6) is 11.5 Å². The van der Waals surface area contributed by atoms with Crippen molar-refractivity contribution in [3.05, 3.63) is 64.3 Å². The Morgan fingerprint density at radius 3 is 2.49 bits per heavy atom. The molecule has 1 amide bonds. The van der Waals surface area contributed by atoms with Crippen LogP contribution >= 0.6 is 11.6 Å². The van der Waals surface area contributed by atoms with Crippen LogP contribution in [0.4, 0.5) is 0 Å². The molecule has 0 saturated carbocycles. The van der Waals surface area contributed by atoms with Gasteiger partial charge in [-0.25, -0.2) is 0 Å². The fraction of sp³-hybridized carbons (Fsp3) is 0.467. The Balaban J connectivity index is 1.23. The SMILES string of the molecule is COc1ccc(OC2CCN(CC(O)Cn3nc(-c4ccc(Cl)c(C)c4)c4c3CCN(C(C)=O)C4)CC2)cc1. The molecule has 2 aliphatic heterocycles. The minimum Gasteiger partial charge on any atom is -0.497 e. The van der Waals surface area contributed by atoms with Gasteiger partial charge in [-0.1, -0.05) is 17.7 Å². The van der Waals surface area contributed by atoms with Gasteiger partial charge in [-0.15, -0.1) is 0 Å². The molecular formula is C30H37ClN4O4. The maximum absolute atomic E-state index is 12.1. The average molecular weight is 553 g/mol. The van der Waals surface area contributed by atoms with E-state index in [0.717, 1.165) is 71.9 Å². The number of hydrogen-bond donors (Lipinski definition) is 1. The summed E-state index contributed by atoms with van der Waals surface area (Å²) in [4.78, 5) is 16.3. The number of hydrogen-bond acceptors (Lipinski definition) is 6. The molecule has 1 aromatic heterocycles. The van der Waals surface area contributed by atoms with E-state index in [-0.39, 0.29) is 12.0 Å². The number of β-amino-alcohol motifs (C(OH)–C–C–N with tert-alkyl or cyclic N) is 1. The second kappa shape index (κ2) is 12.0. The summed E-state index contributed by atoms with van der Waals surface area (Å²) in [6.45, 7) is 7.51. The zero-order chi connectivity index (χ0) is 27.5. The van der Waals surface area contributed by atoms with Gasteiger partial charge in [0.25, 0.3) is 0 Å². The summed E-state index contributed by atoms with van der Waals surface area (Å²) >= 11 is 6.27. The van der Waals surface area contributed by atoms with Crippen LogP contribution < -0.4 is 9.47 Å². The highest BCUT2D eigenvalue weighted by Crippen LogP contribution is 2.32. The number of carbonyl (C=O) groups is 1. The number of likely N-dealkylation sites (tertiary alicyclic amines) is 1. The highest BCUT2D eigenvalue weighted by Gasteiger charge is 2.28. The highest BCUT2D eigenvalue weighted by molar-refractivity contribution is 6.31. The minimum atomic E-state index is -0.557. The second-order valence-electron chi connectivity index (χ2n) is 10.6. The Hall–Kier alpha value is -3.07. The number of nitrogens with zero attached hydrogens (tertiary/aromatic N) is 4. The molecule has 0 bridgehead atoms. The van der Waals surface area contributed by atoms with E-state index in [9.17, 15) is 9.90 Å². The van der Waals surface area contributed by atoms with Crippen molar-refractivity contribution in [2.24, 2.45) is 0 Å². The zero-order valence-electron chi connectivity index (χ0n) is 22.9. The molecule has 1 atom stereocenters. The van der Waals surface area contributed by atoms with E-state index in [1.165, 1.54) is 0 Å². The van der Waals surface area contributed by atoms with E-state index in [1.807, 2.05) is 59.0 Å². The maximum Gasteiger partial charge on any atom is 0.219 e. The van der Waals surface area contributed by atoms with Gasteiger partial charge >= 0.3 is 0 Å². The van der Waals surface area contributed by atoms with Crippen LogP contribution in [-0.2, 0) is 24.3 Å². The molecule has 1 unspecified atom stereocenters. The first-order chi connectivity index (χ1) is 18.8. The number of benzene rings is 2. The summed E-state index contributed by atoms with van der Waals surface area (Å²) in [5.41, 5.74) is 4.98. The van der Waals surface area contributed by atoms with E-state index < -0.39 is 6.10 Å². The number of aryl methyl sites for hydroxylation is 1. The van der Waals surface area contributed by atoms with Crippen molar-refractivity contribution in [1.82, 2.24) is 19.6 Å². The molecule has 0 spiro atoms. The van der Waals surface area contributed by atoms with E-state index in [4.69, 9.17) is 26.2 Å². The molecule has 39 heavy (non-hydrogen) atoms. The Labute approximate surface area is 235 Å². The van der Waals surface area contributed by atoms with Crippen LogP contribution in [0, 0.1) is 6.92 Å². The molecule has 1 saturated heterocycles. The number of aromatic nitrogens is 2. The standard InChI is InChI=1S/C30H37ClN4O4/c1-20-16-22(4-9-28(20)31)30-27-19-34(21(2)36)15-12-29(27)35(32-30)18-23(37)17-33-13-10-26(11-14-33)39-25-7-5-24(38-3)6-8-25/h4-9,16,23,26,37H,10-15,17-19H2,1-3H3. The highest BCUT2D eigenvalue weighted by atomic mass is 35.5. The predicted octanol–water partition coefficient (Wildman–Crippen LogP) is 4.33. The van der Waals surface area contributed by atoms with Crippen LogP contribution in [-0.4, -0.2) is 76.1 Å². The fourth-order valence-corrected chi connectivity index (χ4v) is 5.66. The van der Waals surface area contributed by atoms with Gasteiger partial charge in [0, 0.05) is 67.9 Å². The first kappa shape index (κ1) is 27.5. The Kier molecular flexibility index (Phi) is 8.45. The third-order valence-electron chi connectivity index (χ3n) is 7.76. The molecule has 2 aliphatic rings. The number of ether oxygens (including phenoxy) is 2. The first-order valence-electron chi connectivity index (χ1n) is 13.6. The van der Waals surface area contributed by atoms with Crippen molar-refractivity contribution in [2.75, 3.05) is 33.3 Å². The molecule has 9 heteroatoms. The number of halogens is 1. The number of aliphatic hydroxyl groups is 1. The number of fused-ring (bicyclic) bond motifs is 1. The molecule has 8 nitrogen and oxygen atoms in total. The molecule has 0 radical (unpaired) electrons. The predicted molar refractivity (Wildman–Crippen MR) is 151 cm³/mol. The van der Waals surface area contributed by atoms with Gasteiger partial charge in [0.05, 0.1) is 25.5 Å². The second-order valence-corrected chi connectivity index (χ2v) is 11.0. The Morgan fingerprint density at radius 1 is 1.10 bits per heavy atom. The van der Waals surface area contributed by atoms with Gasteiger partial charge in [-0.3, -0.25) is 9.48 Å². The lowest BCUT2D eigenvalue weighted by molar-refractivity contribution is -0.129. The third kappa shape index (κ3) is 6.40. The summed E-state index contributed by atoms with van der Waals surface area (Å²) in [6, 6.07) is 13.6. The number of carbonyl (C=O) groups excluding carboxylic acids is 1. The summed E-state index contributed by atoms with van der Waals surface area (Å²) in [5, 5.41) is 16.8. The third-order valence-corrected chi connectivity index (χ3v) is 8.18. The topological polar surface area (TPSA) is 80.1 Å². The Bertz CT molecular complexity index is 1300. The van der Waals surface area contributed by atoms with Crippen LogP contribution in [0.15, 0.2) is 42.5 Å². The first-order valence-corrected chi connectivity index (χ1v) is 14.0. The van der Waals surface area contributed by atoms with Crippen LogP contribution in [0.25, 0.3) is 11.3 Å². The molecule has 5 rings (SSSR count). The monoisotopic (exact) mass is 552 g/mol. The molecule has 1 fully saturated rings. The molecule has 208 valence electrons. The molecule has 3 heterocycles. The normalized spacial score (nSPS) is 17.1. The summed E-state index contributed by atoms with van der Waals surface area (Å²) in [7, 11) is 1.66. The van der Waals surface area contributed by atoms with Crippen molar-refractivity contribution >= 4 is 17.5 Å². The van der Waals surface area contributed by atoms with E-state index in [0.29, 0.717) is 31.2 Å². The fourth-order valence-electron chi connectivity index (χ4n) is 5.55. The smallest absolute Gasteiger partial charge is 0.219 e.